The number of benzene rings is 2. The zero-order valence-corrected chi connectivity index (χ0v) is 12.3. The molecule has 0 amide bonds. The molecule has 2 aromatic rings. The lowest BCUT2D eigenvalue weighted by molar-refractivity contribution is -0.116. The third-order valence-electron chi connectivity index (χ3n) is 2.81. The zero-order valence-electron chi connectivity index (χ0n) is 11.4. The fourth-order valence-electron chi connectivity index (χ4n) is 1.82. The van der Waals surface area contributed by atoms with E-state index in [2.05, 4.69) is 0 Å². The minimum absolute atomic E-state index is 0.0474. The van der Waals surface area contributed by atoms with Crippen molar-refractivity contribution in [3.05, 3.63) is 59.7 Å². The molecule has 0 saturated heterocycles. The predicted molar refractivity (Wildman–Crippen MR) is 78.8 cm³/mol. The first-order valence-corrected chi connectivity index (χ1v) is 7.29. The maximum absolute atomic E-state index is 13.5. The molecule has 0 radical (unpaired) electrons. The number of Topliss-reactive ketones (excluding diaryl/α,β-unsaturated/α-hetero) is 1. The van der Waals surface area contributed by atoms with E-state index in [1.807, 2.05) is 0 Å². The highest BCUT2D eigenvalue weighted by Gasteiger charge is 2.08. The molecule has 21 heavy (non-hydrogen) atoms. The maximum atomic E-state index is 13.5. The van der Waals surface area contributed by atoms with E-state index in [-0.39, 0.29) is 29.5 Å². The Kier molecular flexibility index (Phi) is 5.33. The van der Waals surface area contributed by atoms with Crippen molar-refractivity contribution in [1.29, 1.82) is 0 Å². The van der Waals surface area contributed by atoms with Gasteiger partial charge >= 0.3 is 0 Å². The van der Waals surface area contributed by atoms with Gasteiger partial charge in [0.05, 0.1) is 12.9 Å². The van der Waals surface area contributed by atoms with Crippen LogP contribution in [0.3, 0.4) is 0 Å². The number of halogens is 2. The van der Waals surface area contributed by atoms with Gasteiger partial charge in [-0.15, -0.1) is 11.8 Å². The number of ketones is 1. The molecule has 2 nitrogen and oxygen atoms in total. The molecule has 0 spiro atoms. The highest BCUT2D eigenvalue weighted by molar-refractivity contribution is 8.00. The van der Waals surface area contributed by atoms with Crippen LogP contribution in [-0.4, -0.2) is 18.6 Å². The van der Waals surface area contributed by atoms with Gasteiger partial charge in [0.25, 0.3) is 0 Å². The number of hydrogen-bond acceptors (Lipinski definition) is 3. The predicted octanol–water partition coefficient (Wildman–Crippen LogP) is 3.88. The molecule has 0 aliphatic rings. The van der Waals surface area contributed by atoms with E-state index >= 15 is 0 Å². The van der Waals surface area contributed by atoms with Crippen molar-refractivity contribution >= 4 is 17.5 Å². The number of hydrogen-bond donors (Lipinski definition) is 0. The topological polar surface area (TPSA) is 26.3 Å². The van der Waals surface area contributed by atoms with Crippen molar-refractivity contribution < 1.29 is 18.3 Å². The molecule has 0 heterocycles. The summed E-state index contributed by atoms with van der Waals surface area (Å²) in [5.74, 6) is -0.490. The average molecular weight is 308 g/mol. The number of ether oxygens (including phenoxy) is 1. The van der Waals surface area contributed by atoms with Crippen LogP contribution in [0.15, 0.2) is 47.4 Å². The molecule has 5 heteroatoms. The molecule has 0 aromatic heterocycles. The Balaban J connectivity index is 1.91. The van der Waals surface area contributed by atoms with Gasteiger partial charge in [-0.2, -0.15) is 0 Å². The lowest BCUT2D eigenvalue weighted by Crippen LogP contribution is -2.06. The van der Waals surface area contributed by atoms with Gasteiger partial charge in [-0.3, -0.25) is 4.79 Å². The molecule has 0 fully saturated rings. The van der Waals surface area contributed by atoms with Crippen LogP contribution >= 0.6 is 11.8 Å². The molecule has 0 saturated carbocycles. The summed E-state index contributed by atoms with van der Waals surface area (Å²) < 4.78 is 31.3. The van der Waals surface area contributed by atoms with Crippen molar-refractivity contribution in [3.63, 3.8) is 0 Å². The van der Waals surface area contributed by atoms with Crippen LogP contribution in [0.1, 0.15) is 5.56 Å². The molecule has 0 bridgehead atoms. The number of thioether (sulfide) groups is 1. The summed E-state index contributed by atoms with van der Waals surface area (Å²) in [5.41, 5.74) is 0.596. The summed E-state index contributed by atoms with van der Waals surface area (Å²) in [5, 5.41) is 0. The lowest BCUT2D eigenvalue weighted by atomic mass is 10.1. The van der Waals surface area contributed by atoms with Gasteiger partial charge in [0, 0.05) is 11.3 Å². The van der Waals surface area contributed by atoms with Gasteiger partial charge in [0.2, 0.25) is 0 Å². The van der Waals surface area contributed by atoms with Crippen LogP contribution in [0.25, 0.3) is 0 Å². The Morgan fingerprint density at radius 2 is 2.00 bits per heavy atom. The Morgan fingerprint density at radius 1 is 1.19 bits per heavy atom. The van der Waals surface area contributed by atoms with Crippen LogP contribution in [0.5, 0.6) is 5.75 Å². The fourth-order valence-corrected chi connectivity index (χ4v) is 2.62. The van der Waals surface area contributed by atoms with E-state index in [1.54, 1.807) is 18.2 Å². The molecule has 0 aliphatic heterocycles. The normalized spacial score (nSPS) is 10.4. The zero-order chi connectivity index (χ0) is 15.2. The van der Waals surface area contributed by atoms with Crippen LogP contribution < -0.4 is 4.74 Å². The van der Waals surface area contributed by atoms with Crippen LogP contribution in [0, 0.1) is 11.6 Å². The van der Waals surface area contributed by atoms with Gasteiger partial charge in [0.1, 0.15) is 11.6 Å². The van der Waals surface area contributed by atoms with E-state index in [1.165, 1.54) is 43.1 Å². The minimum atomic E-state index is -0.486. The number of rotatable bonds is 6. The third-order valence-corrected chi connectivity index (χ3v) is 3.87. The molecule has 110 valence electrons. The quantitative estimate of drug-likeness (QED) is 0.758. The summed E-state index contributed by atoms with van der Waals surface area (Å²) in [6, 6.07) is 10.5. The largest absolute Gasteiger partial charge is 0.494 e. The highest BCUT2D eigenvalue weighted by atomic mass is 32.2. The second kappa shape index (κ2) is 7.22. The Hall–Kier alpha value is -1.88. The summed E-state index contributed by atoms with van der Waals surface area (Å²) in [7, 11) is 1.39. The van der Waals surface area contributed by atoms with Crippen molar-refractivity contribution in [2.75, 3.05) is 12.9 Å². The van der Waals surface area contributed by atoms with Crippen molar-refractivity contribution in [3.8, 4) is 5.75 Å². The fraction of sp³-hybridized carbons (Fsp3) is 0.188. The van der Waals surface area contributed by atoms with Gasteiger partial charge in [-0.05, 0) is 35.9 Å². The molecular weight excluding hydrogens is 294 g/mol. The molecule has 0 unspecified atom stereocenters. The number of methoxy groups -OCH3 is 1. The first-order valence-electron chi connectivity index (χ1n) is 6.31. The van der Waals surface area contributed by atoms with Crippen molar-refractivity contribution in [2.24, 2.45) is 0 Å². The minimum Gasteiger partial charge on any atom is -0.494 e. The molecule has 0 aliphatic carbocycles. The van der Waals surface area contributed by atoms with E-state index in [0.717, 1.165) is 0 Å². The second-order valence-electron chi connectivity index (χ2n) is 4.43. The standard InChI is InChI=1S/C16H14F2O2S/c1-20-16-6-5-11(8-15(16)18)7-13(19)10-21-14-4-2-3-12(17)9-14/h2-6,8-9H,7,10H2,1H3. The summed E-state index contributed by atoms with van der Waals surface area (Å²) in [6.07, 6.45) is 0.142. The molecule has 0 atom stereocenters. The highest BCUT2D eigenvalue weighted by Crippen LogP contribution is 2.21. The summed E-state index contributed by atoms with van der Waals surface area (Å²) in [6.45, 7) is 0. The van der Waals surface area contributed by atoms with Crippen molar-refractivity contribution in [2.45, 2.75) is 11.3 Å². The first-order chi connectivity index (χ1) is 10.1. The van der Waals surface area contributed by atoms with Gasteiger partial charge < -0.3 is 4.74 Å². The SMILES string of the molecule is COc1ccc(CC(=O)CSc2cccc(F)c2)cc1F. The number of carbonyl (C=O) groups excluding carboxylic acids is 1. The van der Waals surface area contributed by atoms with Crippen LogP contribution in [0.4, 0.5) is 8.78 Å². The Labute approximate surface area is 126 Å². The lowest BCUT2D eigenvalue weighted by Gasteiger charge is -2.05. The van der Waals surface area contributed by atoms with Gasteiger partial charge in [-0.1, -0.05) is 12.1 Å². The molecule has 2 rings (SSSR count). The van der Waals surface area contributed by atoms with E-state index in [0.29, 0.717) is 10.5 Å². The van der Waals surface area contributed by atoms with E-state index < -0.39 is 5.82 Å². The smallest absolute Gasteiger partial charge is 0.165 e. The summed E-state index contributed by atoms with van der Waals surface area (Å²) in [4.78, 5) is 12.6. The average Bonchev–Trinajstić information content (AvgIpc) is 2.45. The van der Waals surface area contributed by atoms with Crippen LogP contribution in [-0.2, 0) is 11.2 Å². The van der Waals surface area contributed by atoms with Crippen molar-refractivity contribution in [1.82, 2.24) is 0 Å². The van der Waals surface area contributed by atoms with Gasteiger partial charge in [0.15, 0.2) is 11.6 Å². The van der Waals surface area contributed by atoms with E-state index in [4.69, 9.17) is 4.74 Å². The molecule has 2 aromatic carbocycles. The Morgan fingerprint density at radius 3 is 2.67 bits per heavy atom. The Bertz CT molecular complexity index is 644. The second-order valence-corrected chi connectivity index (χ2v) is 5.48. The van der Waals surface area contributed by atoms with Crippen LogP contribution in [0.2, 0.25) is 0 Å². The first kappa shape index (κ1) is 15.5. The molecular formula is C16H14F2O2S. The summed E-state index contributed by atoms with van der Waals surface area (Å²) >= 11 is 1.27. The van der Waals surface area contributed by atoms with E-state index in [9.17, 15) is 13.6 Å². The third kappa shape index (κ3) is 4.56. The molecule has 0 N–H and O–H groups in total. The maximum Gasteiger partial charge on any atom is 0.165 e. The number of carbonyl (C=O) groups is 1. The van der Waals surface area contributed by atoms with Gasteiger partial charge in [-0.25, -0.2) is 8.78 Å². The monoisotopic (exact) mass is 308 g/mol.